The third-order valence-electron chi connectivity index (χ3n) is 7.65. The van der Waals surface area contributed by atoms with E-state index in [1.807, 2.05) is 39.1 Å². The van der Waals surface area contributed by atoms with Gasteiger partial charge in [0, 0.05) is 25.6 Å². The third-order valence-corrected chi connectivity index (χ3v) is 9.03. The predicted molar refractivity (Wildman–Crippen MR) is 158 cm³/mol. The Balaban J connectivity index is 1.46. The quantitative estimate of drug-likeness (QED) is 0.383. The summed E-state index contributed by atoms with van der Waals surface area (Å²) in [7, 11) is -1.99. The van der Waals surface area contributed by atoms with Gasteiger partial charge in [0.15, 0.2) is 17.2 Å². The summed E-state index contributed by atoms with van der Waals surface area (Å²) in [6.45, 7) is 7.12. The summed E-state index contributed by atoms with van der Waals surface area (Å²) in [5.74, 6) is 1.13. The molecule has 0 aliphatic carbocycles. The van der Waals surface area contributed by atoms with Crippen LogP contribution in [0.15, 0.2) is 65.6 Å². The number of aliphatic hydroxyl groups is 1. The molecule has 2 heterocycles. The highest BCUT2D eigenvalue weighted by atomic mass is 32.2. The first-order valence-electron chi connectivity index (χ1n) is 13.9. The van der Waals surface area contributed by atoms with Gasteiger partial charge >= 0.3 is 0 Å². The maximum atomic E-state index is 13.7. The molecule has 0 spiro atoms. The Hall–Kier alpha value is -3.80. The topological polar surface area (TPSA) is 118 Å². The Labute approximate surface area is 246 Å². The minimum atomic E-state index is -3.96. The van der Waals surface area contributed by atoms with Gasteiger partial charge in [0.05, 0.1) is 28.8 Å². The molecule has 42 heavy (non-hydrogen) atoms. The van der Waals surface area contributed by atoms with E-state index in [-0.39, 0.29) is 47.1 Å². The Morgan fingerprint density at radius 2 is 1.83 bits per heavy atom. The Morgan fingerprint density at radius 3 is 2.57 bits per heavy atom. The molecular weight excluding hydrogens is 558 g/mol. The smallest absolute Gasteiger partial charge is 0.262 e. The standard InChI is InChI=1S/C31H37N3O7S/c1-20-8-11-24(12-9-20)42(37,38)32-26-7-5-6-25-30(26)41-29(21(2)15-34(31(25)36)22(3)18-35)17-33(4)16-23-10-13-27-28(14-23)40-19-39-27/h5-14,21-22,29,32,35H,15-19H2,1-4H3/t21-,22-,29+/m1/s1. The number of fused-ring (bicyclic) bond motifs is 2. The van der Waals surface area contributed by atoms with Crippen LogP contribution in [-0.2, 0) is 16.6 Å². The van der Waals surface area contributed by atoms with E-state index in [4.69, 9.17) is 14.2 Å². The molecule has 0 radical (unpaired) electrons. The van der Waals surface area contributed by atoms with Crippen LogP contribution in [0.5, 0.6) is 17.2 Å². The number of anilines is 1. The number of nitrogens with zero attached hydrogens (tertiary/aromatic N) is 2. The molecule has 0 fully saturated rings. The molecule has 11 heteroatoms. The first-order valence-corrected chi connectivity index (χ1v) is 15.4. The highest BCUT2D eigenvalue weighted by Crippen LogP contribution is 2.37. The van der Waals surface area contributed by atoms with Crippen molar-refractivity contribution < 1.29 is 32.5 Å². The summed E-state index contributed by atoms with van der Waals surface area (Å²) in [5, 5.41) is 9.95. The molecule has 224 valence electrons. The number of aryl methyl sites for hydroxylation is 1. The van der Waals surface area contributed by atoms with E-state index >= 15 is 0 Å². The van der Waals surface area contributed by atoms with Crippen molar-refractivity contribution in [3.05, 3.63) is 77.4 Å². The van der Waals surface area contributed by atoms with Crippen LogP contribution in [0.2, 0.25) is 0 Å². The Bertz CT molecular complexity index is 1540. The van der Waals surface area contributed by atoms with Gasteiger partial charge in [-0.05, 0) is 62.9 Å². The SMILES string of the molecule is Cc1ccc(S(=O)(=O)Nc2cccc3c2O[C@@H](CN(C)Cc2ccc4c(c2)OCO4)[C@H](C)CN([C@H](C)CO)C3=O)cc1. The van der Waals surface area contributed by atoms with E-state index in [0.717, 1.165) is 16.9 Å². The maximum Gasteiger partial charge on any atom is 0.262 e. The molecule has 2 aliphatic rings. The molecule has 5 rings (SSSR count). The van der Waals surface area contributed by atoms with Crippen molar-refractivity contribution in [1.29, 1.82) is 0 Å². The lowest BCUT2D eigenvalue weighted by molar-refractivity contribution is 0.0344. The van der Waals surface area contributed by atoms with Crippen LogP contribution < -0.4 is 18.9 Å². The van der Waals surface area contributed by atoms with Crippen LogP contribution in [0, 0.1) is 12.8 Å². The number of aliphatic hydroxyl groups excluding tert-OH is 1. The van der Waals surface area contributed by atoms with Crippen molar-refractivity contribution in [2.24, 2.45) is 5.92 Å². The van der Waals surface area contributed by atoms with E-state index in [2.05, 4.69) is 9.62 Å². The Morgan fingerprint density at radius 1 is 1.10 bits per heavy atom. The van der Waals surface area contributed by atoms with Crippen LogP contribution >= 0.6 is 0 Å². The van der Waals surface area contributed by atoms with Crippen molar-refractivity contribution in [1.82, 2.24) is 9.80 Å². The molecule has 3 aromatic rings. The van der Waals surface area contributed by atoms with E-state index < -0.39 is 22.2 Å². The molecule has 3 aromatic carbocycles. The molecule has 1 amide bonds. The minimum Gasteiger partial charge on any atom is -0.486 e. The summed E-state index contributed by atoms with van der Waals surface area (Å²) in [6.07, 6.45) is -0.408. The van der Waals surface area contributed by atoms with Gasteiger partial charge in [-0.1, -0.05) is 36.8 Å². The number of benzene rings is 3. The first kappa shape index (κ1) is 29.7. The maximum absolute atomic E-state index is 13.7. The molecule has 2 N–H and O–H groups in total. The number of sulfonamides is 1. The van der Waals surface area contributed by atoms with Crippen LogP contribution in [0.4, 0.5) is 5.69 Å². The highest BCUT2D eigenvalue weighted by molar-refractivity contribution is 7.92. The number of carbonyl (C=O) groups is 1. The van der Waals surface area contributed by atoms with Crippen molar-refractivity contribution in [2.45, 2.75) is 44.4 Å². The number of nitrogens with one attached hydrogen (secondary N) is 1. The normalized spacial score (nSPS) is 19.1. The van der Waals surface area contributed by atoms with E-state index in [0.29, 0.717) is 25.4 Å². The van der Waals surface area contributed by atoms with Crippen LogP contribution in [0.25, 0.3) is 0 Å². The van der Waals surface area contributed by atoms with Crippen LogP contribution in [0.1, 0.15) is 35.3 Å². The van der Waals surface area contributed by atoms with Crippen molar-refractivity contribution >= 4 is 21.6 Å². The largest absolute Gasteiger partial charge is 0.486 e. The van der Waals surface area contributed by atoms with Crippen molar-refractivity contribution in [3.8, 4) is 17.2 Å². The summed E-state index contributed by atoms with van der Waals surface area (Å²) < 4.78 is 46.8. The summed E-state index contributed by atoms with van der Waals surface area (Å²) in [5.41, 5.74) is 2.38. The number of carbonyl (C=O) groups excluding carboxylic acids is 1. The summed E-state index contributed by atoms with van der Waals surface area (Å²) >= 11 is 0. The molecule has 10 nitrogen and oxygen atoms in total. The average Bonchev–Trinajstić information content (AvgIpc) is 3.43. The van der Waals surface area contributed by atoms with Crippen molar-refractivity contribution in [3.63, 3.8) is 0 Å². The number of ether oxygens (including phenoxy) is 3. The van der Waals surface area contributed by atoms with Gasteiger partial charge in [-0.3, -0.25) is 14.4 Å². The van der Waals surface area contributed by atoms with Gasteiger partial charge in [0.2, 0.25) is 6.79 Å². The summed E-state index contributed by atoms with van der Waals surface area (Å²) in [6, 6.07) is 16.8. The Kier molecular flexibility index (Phi) is 8.63. The third kappa shape index (κ3) is 6.33. The molecule has 0 aromatic heterocycles. The van der Waals surface area contributed by atoms with Gasteiger partial charge in [0.25, 0.3) is 15.9 Å². The molecule has 0 bridgehead atoms. The fourth-order valence-electron chi connectivity index (χ4n) is 5.19. The van der Waals surface area contributed by atoms with Gasteiger partial charge < -0.3 is 24.2 Å². The zero-order valence-electron chi connectivity index (χ0n) is 24.2. The van der Waals surface area contributed by atoms with Crippen LogP contribution in [0.3, 0.4) is 0 Å². The molecule has 3 atom stereocenters. The van der Waals surface area contributed by atoms with Gasteiger partial charge in [-0.2, -0.15) is 0 Å². The highest BCUT2D eigenvalue weighted by Gasteiger charge is 2.35. The molecular formula is C31H37N3O7S. The second kappa shape index (κ2) is 12.2. The van der Waals surface area contributed by atoms with E-state index in [1.165, 1.54) is 12.1 Å². The van der Waals surface area contributed by atoms with Gasteiger partial charge in [0.1, 0.15) is 6.10 Å². The lowest BCUT2D eigenvalue weighted by Gasteiger charge is -2.38. The van der Waals surface area contributed by atoms with Gasteiger partial charge in [-0.15, -0.1) is 0 Å². The zero-order valence-corrected chi connectivity index (χ0v) is 25.1. The summed E-state index contributed by atoms with van der Waals surface area (Å²) in [4.78, 5) is 17.6. The molecule has 2 aliphatic heterocycles. The number of likely N-dealkylation sites (N-methyl/N-ethyl adjacent to an activating group) is 1. The van der Waals surface area contributed by atoms with E-state index in [9.17, 15) is 18.3 Å². The second-order valence-corrected chi connectivity index (χ2v) is 12.8. The minimum absolute atomic E-state index is 0.104. The number of para-hydroxylation sites is 1. The second-order valence-electron chi connectivity index (χ2n) is 11.1. The fourth-order valence-corrected chi connectivity index (χ4v) is 6.25. The first-order chi connectivity index (χ1) is 20.1. The lowest BCUT2D eigenvalue weighted by Crippen LogP contribution is -2.49. The van der Waals surface area contributed by atoms with Gasteiger partial charge in [-0.25, -0.2) is 8.42 Å². The fraction of sp³-hybridized carbons (Fsp3) is 0.387. The monoisotopic (exact) mass is 595 g/mol. The number of hydrogen-bond donors (Lipinski definition) is 2. The molecule has 0 saturated heterocycles. The van der Waals surface area contributed by atoms with Crippen molar-refractivity contribution in [2.75, 3.05) is 38.3 Å². The number of amides is 1. The van der Waals surface area contributed by atoms with E-state index in [1.54, 1.807) is 42.2 Å². The average molecular weight is 596 g/mol. The zero-order chi connectivity index (χ0) is 30.0. The molecule has 0 unspecified atom stereocenters. The lowest BCUT2D eigenvalue weighted by atomic mass is 9.99. The number of hydrogen-bond acceptors (Lipinski definition) is 8. The molecule has 0 saturated carbocycles. The van der Waals surface area contributed by atoms with Crippen LogP contribution in [-0.4, -0.2) is 74.9 Å². The number of rotatable bonds is 9. The predicted octanol–water partition coefficient (Wildman–Crippen LogP) is 3.88.